The van der Waals surface area contributed by atoms with Crippen molar-refractivity contribution in [2.45, 2.75) is 18.7 Å². The van der Waals surface area contributed by atoms with E-state index in [-0.39, 0.29) is 5.75 Å². The van der Waals surface area contributed by atoms with E-state index < -0.39 is 4.87 Å². The van der Waals surface area contributed by atoms with Crippen molar-refractivity contribution < 1.29 is 5.11 Å². The van der Waals surface area contributed by atoms with Gasteiger partial charge in [-0.25, -0.2) is 0 Å². The molecule has 1 heterocycles. The molecule has 0 spiro atoms. The Kier molecular flexibility index (Phi) is 3.18. The second kappa shape index (κ2) is 4.87. The molecule has 0 saturated carbocycles. The smallest absolute Gasteiger partial charge is 0.132 e. The number of aryl methyl sites for hydroxylation is 1. The van der Waals surface area contributed by atoms with Crippen LogP contribution in [0.3, 0.4) is 0 Å². The number of aromatic hydroxyl groups is 1. The highest BCUT2D eigenvalue weighted by molar-refractivity contribution is 8.15. The molecule has 0 aliphatic carbocycles. The van der Waals surface area contributed by atoms with Gasteiger partial charge < -0.3 is 5.11 Å². The summed E-state index contributed by atoms with van der Waals surface area (Å²) in [5, 5.41) is 15.4. The summed E-state index contributed by atoms with van der Waals surface area (Å²) in [4.78, 5) is -0.439. The minimum Gasteiger partial charge on any atom is -0.508 e. The summed E-state index contributed by atoms with van der Waals surface area (Å²) < 4.78 is 0. The molecular formula is C16H16N2OS. The summed E-state index contributed by atoms with van der Waals surface area (Å²) in [6, 6.07) is 15.7. The van der Waals surface area contributed by atoms with Gasteiger partial charge in [0.25, 0.3) is 0 Å². The van der Waals surface area contributed by atoms with Crippen LogP contribution in [0.25, 0.3) is 0 Å². The van der Waals surface area contributed by atoms with Crippen molar-refractivity contribution in [1.29, 1.82) is 0 Å². The average Bonchev–Trinajstić information content (AvgIpc) is 2.84. The van der Waals surface area contributed by atoms with Crippen molar-refractivity contribution in [2.75, 3.05) is 0 Å². The van der Waals surface area contributed by atoms with Crippen LogP contribution in [-0.2, 0) is 4.87 Å². The fraction of sp³-hybridized carbons (Fsp3) is 0.188. The maximum atomic E-state index is 10.0. The molecule has 0 fully saturated rings. The molecule has 102 valence electrons. The number of hydrogen-bond acceptors (Lipinski definition) is 4. The molecule has 1 aliphatic rings. The van der Waals surface area contributed by atoms with E-state index in [0.717, 1.165) is 16.2 Å². The van der Waals surface area contributed by atoms with Crippen LogP contribution in [0.15, 0.2) is 53.6 Å². The average molecular weight is 284 g/mol. The van der Waals surface area contributed by atoms with Crippen LogP contribution in [-0.4, -0.2) is 10.2 Å². The number of thioether (sulfide) groups is 1. The Morgan fingerprint density at radius 2 is 1.80 bits per heavy atom. The van der Waals surface area contributed by atoms with Gasteiger partial charge in [0.15, 0.2) is 0 Å². The maximum Gasteiger partial charge on any atom is 0.132 e. The number of nitrogens with zero attached hydrogens (tertiary/aromatic N) is 1. The zero-order valence-corrected chi connectivity index (χ0v) is 12.2. The molecule has 2 N–H and O–H groups in total. The normalized spacial score (nSPS) is 21.4. The van der Waals surface area contributed by atoms with Gasteiger partial charge in [-0.2, -0.15) is 5.10 Å². The van der Waals surface area contributed by atoms with Crippen LogP contribution in [0.1, 0.15) is 23.6 Å². The molecule has 3 nitrogen and oxygen atoms in total. The third kappa shape index (κ3) is 2.27. The van der Waals surface area contributed by atoms with Crippen molar-refractivity contribution in [3.05, 3.63) is 65.2 Å². The predicted molar refractivity (Wildman–Crippen MR) is 83.9 cm³/mol. The van der Waals surface area contributed by atoms with Crippen molar-refractivity contribution in [3.63, 3.8) is 0 Å². The second-order valence-electron chi connectivity index (χ2n) is 5.05. The molecule has 2 aromatic carbocycles. The molecule has 1 atom stereocenters. The van der Waals surface area contributed by atoms with Gasteiger partial charge in [-0.05, 0) is 19.9 Å². The number of phenolic OH excluding ortho intramolecular Hbond substituents is 1. The van der Waals surface area contributed by atoms with Crippen LogP contribution < -0.4 is 5.43 Å². The van der Waals surface area contributed by atoms with E-state index in [2.05, 4.69) is 41.7 Å². The molecule has 0 unspecified atom stereocenters. The van der Waals surface area contributed by atoms with Gasteiger partial charge in [0, 0.05) is 11.1 Å². The lowest BCUT2D eigenvalue weighted by Crippen LogP contribution is -2.28. The van der Waals surface area contributed by atoms with Crippen LogP contribution in [0.5, 0.6) is 5.75 Å². The fourth-order valence-electron chi connectivity index (χ4n) is 2.21. The summed E-state index contributed by atoms with van der Waals surface area (Å²) in [7, 11) is 0. The molecule has 0 saturated heterocycles. The number of hydrazone groups is 1. The minimum atomic E-state index is -0.439. The summed E-state index contributed by atoms with van der Waals surface area (Å²) in [5.41, 5.74) is 6.31. The van der Waals surface area contributed by atoms with Gasteiger partial charge in [-0.15, -0.1) is 0 Å². The standard InChI is InChI=1S/C16H16N2OS/c1-11-7-9-12(10-8-11)15-17-18-16(2,20-15)13-5-3-4-6-14(13)19/h3-10,18-19H,1-2H3/t16-/m1/s1. The Hall–Kier alpha value is -1.94. The summed E-state index contributed by atoms with van der Waals surface area (Å²) in [5.74, 6) is 0.287. The van der Waals surface area contributed by atoms with E-state index in [1.807, 2.05) is 25.1 Å². The summed E-state index contributed by atoms with van der Waals surface area (Å²) in [6.07, 6.45) is 0. The second-order valence-corrected chi connectivity index (χ2v) is 6.45. The largest absolute Gasteiger partial charge is 0.508 e. The number of phenols is 1. The van der Waals surface area contributed by atoms with Gasteiger partial charge >= 0.3 is 0 Å². The zero-order valence-electron chi connectivity index (χ0n) is 11.4. The molecule has 20 heavy (non-hydrogen) atoms. The van der Waals surface area contributed by atoms with Crippen LogP contribution in [0.2, 0.25) is 0 Å². The minimum absolute atomic E-state index is 0.287. The van der Waals surface area contributed by atoms with Crippen LogP contribution >= 0.6 is 11.8 Å². The number of para-hydroxylation sites is 1. The third-order valence-electron chi connectivity index (χ3n) is 3.39. The van der Waals surface area contributed by atoms with Crippen molar-refractivity contribution in [2.24, 2.45) is 5.10 Å². The van der Waals surface area contributed by atoms with Crippen molar-refractivity contribution in [1.82, 2.24) is 5.43 Å². The van der Waals surface area contributed by atoms with E-state index in [1.54, 1.807) is 17.8 Å². The van der Waals surface area contributed by atoms with E-state index in [9.17, 15) is 5.11 Å². The highest BCUT2D eigenvalue weighted by Gasteiger charge is 2.36. The quantitative estimate of drug-likeness (QED) is 0.886. The summed E-state index contributed by atoms with van der Waals surface area (Å²) in [6.45, 7) is 4.09. The number of benzene rings is 2. The lowest BCUT2D eigenvalue weighted by atomic mass is 10.1. The van der Waals surface area contributed by atoms with Gasteiger partial charge in [-0.3, -0.25) is 5.43 Å². The third-order valence-corrected chi connectivity index (χ3v) is 4.63. The van der Waals surface area contributed by atoms with E-state index in [0.29, 0.717) is 0 Å². The van der Waals surface area contributed by atoms with Crippen LogP contribution in [0, 0.1) is 6.92 Å². The molecule has 0 aromatic heterocycles. The first kappa shape index (κ1) is 13.1. The van der Waals surface area contributed by atoms with Gasteiger partial charge in [-0.1, -0.05) is 59.8 Å². The summed E-state index contributed by atoms with van der Waals surface area (Å²) >= 11 is 1.62. The molecule has 2 aromatic rings. The number of nitrogens with one attached hydrogen (secondary N) is 1. The highest BCUT2D eigenvalue weighted by Crippen LogP contribution is 2.43. The Bertz CT molecular complexity index is 666. The SMILES string of the molecule is Cc1ccc(C2=NN[C@@](C)(c3ccccc3O)S2)cc1. The predicted octanol–water partition coefficient (Wildman–Crippen LogP) is 3.57. The first-order valence-electron chi connectivity index (χ1n) is 6.48. The molecule has 1 aliphatic heterocycles. The topological polar surface area (TPSA) is 44.6 Å². The Balaban J connectivity index is 1.88. The first-order chi connectivity index (χ1) is 9.58. The fourth-order valence-corrected chi connectivity index (χ4v) is 3.31. The monoisotopic (exact) mass is 284 g/mol. The molecule has 3 rings (SSSR count). The van der Waals surface area contributed by atoms with Crippen LogP contribution in [0.4, 0.5) is 0 Å². The highest BCUT2D eigenvalue weighted by atomic mass is 32.2. The lowest BCUT2D eigenvalue weighted by Gasteiger charge is -2.24. The van der Waals surface area contributed by atoms with Crippen molar-refractivity contribution >= 4 is 16.8 Å². The molecule has 0 radical (unpaired) electrons. The first-order valence-corrected chi connectivity index (χ1v) is 7.29. The number of hydrogen-bond donors (Lipinski definition) is 2. The number of rotatable bonds is 2. The van der Waals surface area contributed by atoms with Gasteiger partial charge in [0.1, 0.15) is 15.7 Å². The van der Waals surface area contributed by atoms with Crippen molar-refractivity contribution in [3.8, 4) is 5.75 Å². The Morgan fingerprint density at radius 1 is 1.10 bits per heavy atom. The molecule has 0 amide bonds. The Morgan fingerprint density at radius 3 is 2.50 bits per heavy atom. The van der Waals surface area contributed by atoms with Gasteiger partial charge in [0.2, 0.25) is 0 Å². The van der Waals surface area contributed by atoms with E-state index in [1.165, 1.54) is 5.56 Å². The van der Waals surface area contributed by atoms with E-state index in [4.69, 9.17) is 0 Å². The molecular weight excluding hydrogens is 268 g/mol. The molecule has 4 heteroatoms. The van der Waals surface area contributed by atoms with E-state index >= 15 is 0 Å². The van der Waals surface area contributed by atoms with Gasteiger partial charge in [0.05, 0.1) is 0 Å². The zero-order chi connectivity index (χ0) is 14.2. The molecule has 0 bridgehead atoms. The Labute approximate surface area is 122 Å². The maximum absolute atomic E-state index is 10.0. The lowest BCUT2D eigenvalue weighted by molar-refractivity contribution is 0.447.